The van der Waals surface area contributed by atoms with Gasteiger partial charge in [0.05, 0.1) is 6.61 Å². The first-order valence-electron chi connectivity index (χ1n) is 30.4. The SMILES string of the molecule is CCCCCCCCCCCCCCCCCC(=O)OC[C@H](COP(=O)(OC)OC1[C@@H]2OC3(CCCCC3)O[C@@H]2C(O)[C@@H]2OC3(CCCCC3)O[C@@H]12)OC(=O)CCCCCCCCCCCCCCCCC. The summed E-state index contributed by atoms with van der Waals surface area (Å²) in [7, 11) is -3.18. The number of unbranched alkanes of at least 4 members (excludes halogenated alkanes) is 28. The van der Waals surface area contributed by atoms with Crippen LogP contribution in [0.2, 0.25) is 0 Å². The normalized spacial score (nSPS) is 25.6. The second-order valence-corrected chi connectivity index (χ2v) is 24.2. The monoisotopic (exact) mass is 1040 g/mol. The zero-order valence-electron chi connectivity index (χ0n) is 45.9. The van der Waals surface area contributed by atoms with Gasteiger partial charge in [0.25, 0.3) is 0 Å². The van der Waals surface area contributed by atoms with Crippen LogP contribution in [-0.2, 0) is 56.1 Å². The van der Waals surface area contributed by atoms with Gasteiger partial charge in [-0.25, -0.2) is 4.57 Å². The smallest absolute Gasteiger partial charge is 0.462 e. The van der Waals surface area contributed by atoms with Crippen molar-refractivity contribution >= 4 is 19.8 Å². The fraction of sp³-hybridized carbons (Fsp3) is 0.966. The Morgan fingerprint density at radius 1 is 0.500 bits per heavy atom. The van der Waals surface area contributed by atoms with Crippen LogP contribution >= 0.6 is 7.82 Å². The summed E-state index contributed by atoms with van der Waals surface area (Å²) in [5.41, 5.74) is 0. The Balaban J connectivity index is 1.08. The maximum absolute atomic E-state index is 14.6. The van der Waals surface area contributed by atoms with Crippen molar-refractivity contribution in [1.82, 2.24) is 0 Å². The first kappa shape index (κ1) is 61.7. The molecule has 13 nitrogen and oxygen atoms in total. The van der Waals surface area contributed by atoms with Crippen LogP contribution in [0.4, 0.5) is 0 Å². The van der Waals surface area contributed by atoms with Crippen LogP contribution in [-0.4, -0.2) is 91.7 Å². The molecule has 5 fully saturated rings. The summed E-state index contributed by atoms with van der Waals surface area (Å²) in [6.45, 7) is 3.87. The fourth-order valence-corrected chi connectivity index (χ4v) is 13.0. The number of ether oxygens (including phenoxy) is 6. The number of phosphoric ester groups is 1. The number of aliphatic hydroxyl groups is 1. The molecular weight excluding hydrogens is 936 g/mol. The van der Waals surface area contributed by atoms with Crippen molar-refractivity contribution in [3.63, 3.8) is 0 Å². The van der Waals surface area contributed by atoms with E-state index in [9.17, 15) is 19.3 Å². The van der Waals surface area contributed by atoms with Gasteiger partial charge in [-0.3, -0.25) is 23.2 Å². The molecule has 3 saturated carbocycles. The van der Waals surface area contributed by atoms with Gasteiger partial charge < -0.3 is 33.5 Å². The molecule has 14 heteroatoms. The van der Waals surface area contributed by atoms with E-state index in [0.717, 1.165) is 77.0 Å². The highest BCUT2D eigenvalue weighted by Crippen LogP contribution is 2.57. The molecule has 420 valence electrons. The van der Waals surface area contributed by atoms with E-state index >= 15 is 0 Å². The lowest BCUT2D eigenvalue weighted by molar-refractivity contribution is -0.223. The molecule has 2 spiro atoms. The van der Waals surface area contributed by atoms with Crippen LogP contribution in [0.5, 0.6) is 0 Å². The number of hydrogen-bond acceptors (Lipinski definition) is 13. The van der Waals surface area contributed by atoms with Gasteiger partial charge in [-0.05, 0) is 38.5 Å². The predicted octanol–water partition coefficient (Wildman–Crippen LogP) is 15.4. The van der Waals surface area contributed by atoms with Crippen molar-refractivity contribution in [1.29, 1.82) is 0 Å². The third-order valence-corrected chi connectivity index (χ3v) is 17.6. The summed E-state index contributed by atoms with van der Waals surface area (Å²) in [6.07, 6.45) is 39.6. The summed E-state index contributed by atoms with van der Waals surface area (Å²) < 4.78 is 70.6. The van der Waals surface area contributed by atoms with E-state index in [1.54, 1.807) is 0 Å². The Kier molecular flexibility index (Phi) is 30.3. The Labute approximate surface area is 437 Å². The van der Waals surface area contributed by atoms with Crippen molar-refractivity contribution in [3.05, 3.63) is 0 Å². The van der Waals surface area contributed by atoms with Gasteiger partial charge in [0, 0.05) is 45.6 Å². The molecule has 5 aliphatic rings. The number of esters is 2. The fourth-order valence-electron chi connectivity index (χ4n) is 11.8. The van der Waals surface area contributed by atoms with Crippen molar-refractivity contribution in [2.45, 2.75) is 338 Å². The molecule has 2 aliphatic heterocycles. The number of hydrogen-bond donors (Lipinski definition) is 1. The highest BCUT2D eigenvalue weighted by molar-refractivity contribution is 7.48. The number of aliphatic hydroxyl groups excluding tert-OH is 1. The molecule has 1 N–H and O–H groups in total. The van der Waals surface area contributed by atoms with E-state index in [1.807, 2.05) is 0 Å². The van der Waals surface area contributed by atoms with Crippen LogP contribution in [0.3, 0.4) is 0 Å². The van der Waals surface area contributed by atoms with Gasteiger partial charge in [0.15, 0.2) is 17.7 Å². The molecule has 0 aromatic rings. The molecule has 3 aliphatic carbocycles. The summed E-state index contributed by atoms with van der Waals surface area (Å²) in [4.78, 5) is 26.3. The number of fused-ring (bicyclic) bond motifs is 2. The van der Waals surface area contributed by atoms with Crippen molar-refractivity contribution in [2.75, 3.05) is 20.3 Å². The summed E-state index contributed by atoms with van der Waals surface area (Å²) in [5, 5.41) is 11.8. The Morgan fingerprint density at radius 3 is 1.22 bits per heavy atom. The van der Waals surface area contributed by atoms with Gasteiger partial charge in [-0.15, -0.1) is 0 Å². The second-order valence-electron chi connectivity index (χ2n) is 22.5. The van der Waals surface area contributed by atoms with E-state index in [4.69, 9.17) is 42.0 Å². The first-order chi connectivity index (χ1) is 35.1. The highest BCUT2D eigenvalue weighted by Gasteiger charge is 2.67. The van der Waals surface area contributed by atoms with Gasteiger partial charge in [-0.2, -0.15) is 0 Å². The second kappa shape index (κ2) is 35.3. The molecule has 0 aromatic carbocycles. The summed E-state index contributed by atoms with van der Waals surface area (Å²) >= 11 is 0. The molecule has 0 radical (unpaired) electrons. The standard InChI is InChI=1S/C58H105O13P/c1-4-6-8-10-12-14-16-18-20-22-24-26-28-30-34-40-49(59)64-46-48(66-50(60)41-35-31-29-27-25-23-21-19-17-15-13-11-9-7-5-2)47-65-72(62,63-3)71-56-54-52(67-57(69-54)42-36-32-37-43-57)51(61)53-55(56)70-58(68-53)44-38-33-39-45-58/h48,51-56,61H,4-47H2,1-3H3/t48-,51?,52-,53+,54-,55-,56?,72?/m1/s1. The average Bonchev–Trinajstić information content (AvgIpc) is 3.94. The molecule has 72 heavy (non-hydrogen) atoms. The topological polar surface area (TPSA) is 155 Å². The third-order valence-electron chi connectivity index (χ3n) is 16.2. The van der Waals surface area contributed by atoms with E-state index in [2.05, 4.69) is 13.8 Å². The Bertz CT molecular complexity index is 1440. The minimum Gasteiger partial charge on any atom is -0.462 e. The molecule has 0 amide bonds. The Hall–Kier alpha value is -1.15. The van der Waals surface area contributed by atoms with E-state index in [1.165, 1.54) is 155 Å². The molecule has 8 atom stereocenters. The first-order valence-corrected chi connectivity index (χ1v) is 31.8. The lowest BCUT2D eigenvalue weighted by Crippen LogP contribution is -2.62. The zero-order valence-corrected chi connectivity index (χ0v) is 46.8. The predicted molar refractivity (Wildman–Crippen MR) is 283 cm³/mol. The largest absolute Gasteiger partial charge is 0.475 e. The van der Waals surface area contributed by atoms with Crippen LogP contribution in [0.1, 0.15) is 284 Å². The highest BCUT2D eigenvalue weighted by atomic mass is 31.2. The van der Waals surface area contributed by atoms with E-state index < -0.39 is 74.7 Å². The number of carbonyl (C=O) groups is 2. The summed E-state index contributed by atoms with van der Waals surface area (Å²) in [5.74, 6) is -2.59. The van der Waals surface area contributed by atoms with Gasteiger partial charge in [0.1, 0.15) is 43.2 Å². The molecule has 5 rings (SSSR count). The average molecular weight is 1040 g/mol. The lowest BCUT2D eigenvalue weighted by Gasteiger charge is -2.41. The van der Waals surface area contributed by atoms with E-state index in [0.29, 0.717) is 32.1 Å². The molecule has 0 bridgehead atoms. The molecular formula is C58H105O13P. The maximum Gasteiger partial charge on any atom is 0.475 e. The quantitative estimate of drug-likeness (QED) is 0.0351. The summed E-state index contributed by atoms with van der Waals surface area (Å²) in [6, 6.07) is 0. The van der Waals surface area contributed by atoms with Crippen LogP contribution in [0, 0.1) is 0 Å². The zero-order chi connectivity index (χ0) is 51.2. The number of rotatable bonds is 41. The van der Waals surface area contributed by atoms with Gasteiger partial charge in [-0.1, -0.05) is 206 Å². The van der Waals surface area contributed by atoms with Crippen molar-refractivity contribution in [3.8, 4) is 0 Å². The van der Waals surface area contributed by atoms with Crippen LogP contribution in [0.15, 0.2) is 0 Å². The van der Waals surface area contributed by atoms with Crippen LogP contribution < -0.4 is 0 Å². The molecule has 0 aromatic heterocycles. The Morgan fingerprint density at radius 2 is 0.847 bits per heavy atom. The minimum absolute atomic E-state index is 0.217. The lowest BCUT2D eigenvalue weighted by atomic mass is 9.85. The number of carbonyl (C=O) groups excluding carboxylic acids is 2. The van der Waals surface area contributed by atoms with E-state index in [-0.39, 0.29) is 25.4 Å². The van der Waals surface area contributed by atoms with Crippen molar-refractivity contribution < 1.29 is 61.3 Å². The van der Waals surface area contributed by atoms with Gasteiger partial charge in [0.2, 0.25) is 0 Å². The third kappa shape index (κ3) is 22.1. The van der Waals surface area contributed by atoms with Gasteiger partial charge >= 0.3 is 19.8 Å². The maximum atomic E-state index is 14.6. The molecule has 2 heterocycles. The van der Waals surface area contributed by atoms with Crippen LogP contribution in [0.25, 0.3) is 0 Å². The number of phosphoric acid groups is 1. The molecule has 3 unspecified atom stereocenters. The van der Waals surface area contributed by atoms with Crippen molar-refractivity contribution in [2.24, 2.45) is 0 Å². The molecule has 2 saturated heterocycles. The minimum atomic E-state index is -4.42.